The number of anilines is 1. The summed E-state index contributed by atoms with van der Waals surface area (Å²) in [4.78, 5) is 15.0. The van der Waals surface area contributed by atoms with Crippen molar-refractivity contribution in [1.82, 2.24) is 10.2 Å². The maximum absolute atomic E-state index is 13.3. The number of fused-ring (bicyclic) bond motifs is 2. The number of nitrogens with one attached hydrogen (secondary N) is 2. The lowest BCUT2D eigenvalue weighted by Crippen LogP contribution is -2.56. The highest BCUT2D eigenvalue weighted by Gasteiger charge is 2.38. The summed E-state index contributed by atoms with van der Waals surface area (Å²) < 4.78 is 18.6. The highest BCUT2D eigenvalue weighted by atomic mass is 19.1. The normalized spacial score (nSPS) is 24.0. The Bertz CT molecular complexity index is 828. The minimum absolute atomic E-state index is 0.144. The number of amides is 2. The molecule has 0 saturated carbocycles. The van der Waals surface area contributed by atoms with Crippen LogP contribution < -0.4 is 15.4 Å². The van der Waals surface area contributed by atoms with Crippen molar-refractivity contribution in [2.75, 3.05) is 12.4 Å². The number of carbonyl (C=O) groups excluding carboxylic acids is 1. The lowest BCUT2D eigenvalue weighted by Gasteiger charge is -2.49. The van der Waals surface area contributed by atoms with E-state index < -0.39 is 0 Å². The molecule has 5 nitrogen and oxygen atoms in total. The quantitative estimate of drug-likeness (QED) is 0.779. The van der Waals surface area contributed by atoms with Gasteiger partial charge in [0.05, 0.1) is 7.11 Å². The van der Waals surface area contributed by atoms with E-state index in [1.165, 1.54) is 24.1 Å². The topological polar surface area (TPSA) is 53.6 Å². The predicted molar refractivity (Wildman–Crippen MR) is 112 cm³/mol. The maximum atomic E-state index is 13.3. The number of rotatable bonds is 5. The monoisotopic (exact) mass is 397 g/mol. The first kappa shape index (κ1) is 19.7. The summed E-state index contributed by atoms with van der Waals surface area (Å²) in [5.41, 5.74) is 1.76. The van der Waals surface area contributed by atoms with Crippen LogP contribution in [-0.2, 0) is 6.54 Å². The third-order valence-corrected chi connectivity index (χ3v) is 6.07. The van der Waals surface area contributed by atoms with Crippen molar-refractivity contribution in [2.45, 2.75) is 56.8 Å². The Kier molecular flexibility index (Phi) is 6.00. The Balaban J connectivity index is 1.35. The number of hydrogen-bond acceptors (Lipinski definition) is 3. The summed E-state index contributed by atoms with van der Waals surface area (Å²) >= 11 is 0. The molecule has 2 aliphatic heterocycles. The largest absolute Gasteiger partial charge is 0.497 e. The Morgan fingerprint density at radius 1 is 1.14 bits per heavy atom. The summed E-state index contributed by atoms with van der Waals surface area (Å²) in [5.74, 6) is 0.519. The van der Waals surface area contributed by atoms with Crippen molar-refractivity contribution < 1.29 is 13.9 Å². The summed E-state index contributed by atoms with van der Waals surface area (Å²) in [6, 6.07) is 15.1. The molecule has 29 heavy (non-hydrogen) atoms. The van der Waals surface area contributed by atoms with E-state index in [4.69, 9.17) is 4.74 Å². The summed E-state index contributed by atoms with van der Waals surface area (Å²) in [5, 5.41) is 5.84. The van der Waals surface area contributed by atoms with E-state index in [1.54, 1.807) is 19.2 Å². The van der Waals surface area contributed by atoms with E-state index in [0.29, 0.717) is 17.8 Å². The number of methoxy groups -OCH3 is 1. The number of nitrogens with zero attached hydrogens (tertiary/aromatic N) is 1. The number of halogens is 1. The van der Waals surface area contributed by atoms with Crippen molar-refractivity contribution in [3.05, 3.63) is 59.9 Å². The van der Waals surface area contributed by atoms with Crippen LogP contribution in [0.3, 0.4) is 0 Å². The molecule has 2 aliphatic rings. The Hall–Kier alpha value is -2.60. The molecule has 2 bridgehead atoms. The van der Waals surface area contributed by atoms with Crippen LogP contribution in [0.2, 0.25) is 0 Å². The zero-order chi connectivity index (χ0) is 20.2. The number of ether oxygens (including phenoxy) is 1. The molecule has 4 rings (SSSR count). The minimum Gasteiger partial charge on any atom is -0.497 e. The molecule has 0 unspecified atom stereocenters. The average Bonchev–Trinajstić information content (AvgIpc) is 2.69. The number of benzene rings is 2. The van der Waals surface area contributed by atoms with Gasteiger partial charge in [-0.3, -0.25) is 4.90 Å². The highest BCUT2D eigenvalue weighted by Crippen LogP contribution is 2.35. The van der Waals surface area contributed by atoms with E-state index >= 15 is 0 Å². The van der Waals surface area contributed by atoms with Gasteiger partial charge in [0.25, 0.3) is 0 Å². The van der Waals surface area contributed by atoms with Gasteiger partial charge in [0.2, 0.25) is 0 Å². The molecule has 2 saturated heterocycles. The molecule has 0 radical (unpaired) electrons. The highest BCUT2D eigenvalue weighted by molar-refractivity contribution is 5.89. The second kappa shape index (κ2) is 8.82. The fraction of sp³-hybridized carbons (Fsp3) is 0.435. The van der Waals surface area contributed by atoms with Gasteiger partial charge in [-0.05, 0) is 61.6 Å². The van der Waals surface area contributed by atoms with Gasteiger partial charge in [-0.2, -0.15) is 0 Å². The molecule has 0 spiro atoms. The fourth-order valence-electron chi connectivity index (χ4n) is 4.72. The third-order valence-electron chi connectivity index (χ3n) is 6.07. The second-order valence-electron chi connectivity index (χ2n) is 8.04. The molecular formula is C23H28FN3O2. The molecular weight excluding hydrogens is 369 g/mol. The van der Waals surface area contributed by atoms with Crippen LogP contribution in [0.15, 0.2) is 48.5 Å². The minimum atomic E-state index is -0.357. The summed E-state index contributed by atoms with van der Waals surface area (Å²) in [6.45, 7) is 0.932. The van der Waals surface area contributed by atoms with Crippen LogP contribution in [0.25, 0.3) is 0 Å². The van der Waals surface area contributed by atoms with E-state index in [1.807, 2.05) is 12.1 Å². The van der Waals surface area contributed by atoms with Crippen LogP contribution >= 0.6 is 0 Å². The van der Waals surface area contributed by atoms with Crippen molar-refractivity contribution in [3.63, 3.8) is 0 Å². The molecule has 2 aromatic carbocycles. The predicted octanol–water partition coefficient (Wildman–Crippen LogP) is 4.54. The van der Waals surface area contributed by atoms with Crippen molar-refractivity contribution >= 4 is 11.7 Å². The van der Waals surface area contributed by atoms with Crippen molar-refractivity contribution in [3.8, 4) is 5.75 Å². The molecule has 2 N–H and O–H groups in total. The molecule has 2 aromatic rings. The number of hydrogen-bond donors (Lipinski definition) is 2. The number of urea groups is 1. The second-order valence-corrected chi connectivity index (χ2v) is 8.04. The third kappa shape index (κ3) is 4.88. The lowest BCUT2D eigenvalue weighted by molar-refractivity contribution is 0.0200. The summed E-state index contributed by atoms with van der Waals surface area (Å²) in [6.07, 6.45) is 5.47. The Morgan fingerprint density at radius 3 is 2.52 bits per heavy atom. The van der Waals surface area contributed by atoms with Crippen LogP contribution in [0.1, 0.15) is 37.7 Å². The fourth-order valence-corrected chi connectivity index (χ4v) is 4.72. The van der Waals surface area contributed by atoms with Crippen molar-refractivity contribution in [1.29, 1.82) is 0 Å². The van der Waals surface area contributed by atoms with Gasteiger partial charge in [-0.1, -0.05) is 24.6 Å². The average molecular weight is 397 g/mol. The van der Waals surface area contributed by atoms with Gasteiger partial charge in [0.15, 0.2) is 0 Å². The molecule has 6 heteroatoms. The van der Waals surface area contributed by atoms with Gasteiger partial charge < -0.3 is 15.4 Å². The first-order valence-electron chi connectivity index (χ1n) is 10.3. The lowest BCUT2D eigenvalue weighted by atomic mass is 9.81. The molecule has 0 aliphatic carbocycles. The molecule has 2 fully saturated rings. The van der Waals surface area contributed by atoms with Crippen molar-refractivity contribution in [2.24, 2.45) is 0 Å². The van der Waals surface area contributed by atoms with Gasteiger partial charge in [0.1, 0.15) is 11.6 Å². The molecule has 2 atom stereocenters. The smallest absolute Gasteiger partial charge is 0.319 e. The van der Waals surface area contributed by atoms with Gasteiger partial charge >= 0.3 is 6.03 Å². The van der Waals surface area contributed by atoms with Gasteiger partial charge in [-0.25, -0.2) is 9.18 Å². The van der Waals surface area contributed by atoms with Crippen LogP contribution in [0.5, 0.6) is 5.75 Å². The van der Waals surface area contributed by atoms with Crippen LogP contribution in [-0.4, -0.2) is 36.2 Å². The zero-order valence-corrected chi connectivity index (χ0v) is 16.7. The Morgan fingerprint density at radius 2 is 1.86 bits per heavy atom. The Labute approximate surface area is 171 Å². The first-order valence-corrected chi connectivity index (χ1v) is 10.3. The van der Waals surface area contributed by atoms with Gasteiger partial charge in [0, 0.05) is 30.4 Å². The molecule has 2 heterocycles. The standard InChI is InChI=1S/C23H28FN3O2/c1-29-22-10-8-16(9-11-22)15-27-20-6-3-7-21(27)14-19(13-20)26-23(28)25-18-5-2-4-17(24)12-18/h2,4-5,8-12,19-21H,3,6-7,13-15H2,1H3,(H2,25,26,28)/t20-,21-/m0/s1. The number of carbonyl (C=O) groups is 1. The molecule has 154 valence electrons. The van der Waals surface area contributed by atoms with Crippen LogP contribution in [0, 0.1) is 5.82 Å². The van der Waals surface area contributed by atoms with E-state index in [0.717, 1.165) is 38.0 Å². The van der Waals surface area contributed by atoms with Crippen LogP contribution in [0.4, 0.5) is 14.9 Å². The molecule has 0 aromatic heterocycles. The first-order chi connectivity index (χ1) is 14.1. The zero-order valence-electron chi connectivity index (χ0n) is 16.7. The van der Waals surface area contributed by atoms with E-state index in [2.05, 4.69) is 27.7 Å². The van der Waals surface area contributed by atoms with E-state index in [-0.39, 0.29) is 17.9 Å². The van der Waals surface area contributed by atoms with E-state index in [9.17, 15) is 9.18 Å². The van der Waals surface area contributed by atoms with Gasteiger partial charge in [-0.15, -0.1) is 0 Å². The number of piperidine rings is 2. The molecule has 2 amide bonds. The summed E-state index contributed by atoms with van der Waals surface area (Å²) in [7, 11) is 1.68. The SMILES string of the molecule is COc1ccc(CN2[C@H]3CCC[C@H]2CC(NC(=O)Nc2cccc(F)c2)C3)cc1. The maximum Gasteiger partial charge on any atom is 0.319 e.